The quantitative estimate of drug-likeness (QED) is 0.652. The van der Waals surface area contributed by atoms with E-state index < -0.39 is 0 Å². The summed E-state index contributed by atoms with van der Waals surface area (Å²) < 4.78 is 0. The Morgan fingerprint density at radius 2 is 1.37 bits per heavy atom. The Bertz CT molecular complexity index is 589. The molecular formula is C16H15NO2. The van der Waals surface area contributed by atoms with Gasteiger partial charge in [-0.2, -0.15) is 0 Å². The highest BCUT2D eigenvalue weighted by Gasteiger charge is 2.11. The van der Waals surface area contributed by atoms with E-state index in [-0.39, 0.29) is 11.7 Å². The number of hydrogen-bond donors (Lipinski definition) is 2. The van der Waals surface area contributed by atoms with Crippen LogP contribution >= 0.6 is 0 Å². The number of hydrogen-bond acceptors (Lipinski definition) is 2. The molecule has 0 heterocycles. The summed E-state index contributed by atoms with van der Waals surface area (Å²) in [5.74, 6) is -0.164. The molecule has 0 aliphatic carbocycles. The van der Waals surface area contributed by atoms with E-state index in [1.54, 1.807) is 12.1 Å². The van der Waals surface area contributed by atoms with Crippen molar-refractivity contribution in [3.05, 3.63) is 71.8 Å². The minimum atomic E-state index is -0.221. The summed E-state index contributed by atoms with van der Waals surface area (Å²) in [5, 5.41) is 13.0. The van der Waals surface area contributed by atoms with Crippen molar-refractivity contribution in [2.45, 2.75) is 6.92 Å². The Labute approximate surface area is 112 Å². The summed E-state index contributed by atoms with van der Waals surface area (Å²) in [6.07, 6.45) is 0. The summed E-state index contributed by atoms with van der Waals surface area (Å²) in [5.41, 5.74) is 1.84. The van der Waals surface area contributed by atoms with Crippen LogP contribution in [0.1, 0.15) is 18.1 Å². The minimum absolute atomic E-state index is 0.0574. The Hall–Kier alpha value is -2.55. The molecule has 0 aliphatic heterocycles. The van der Waals surface area contributed by atoms with Crippen molar-refractivity contribution in [1.29, 1.82) is 0 Å². The monoisotopic (exact) mass is 253 g/mol. The number of carbonyl (C=O) groups excluding carboxylic acids is 1. The third-order valence-electron chi connectivity index (χ3n) is 2.65. The highest BCUT2D eigenvalue weighted by atomic mass is 16.3. The zero-order valence-electron chi connectivity index (χ0n) is 10.6. The van der Waals surface area contributed by atoms with Crippen molar-refractivity contribution in [1.82, 2.24) is 5.32 Å². The molecule has 0 fully saturated rings. The maximum absolute atomic E-state index is 11.3. The van der Waals surface area contributed by atoms with Gasteiger partial charge in [-0.25, -0.2) is 0 Å². The Morgan fingerprint density at radius 3 is 1.84 bits per heavy atom. The molecule has 2 rings (SSSR count). The van der Waals surface area contributed by atoms with Crippen LogP contribution in [0.5, 0.6) is 0 Å². The Balaban J connectivity index is 2.51. The lowest BCUT2D eigenvalue weighted by molar-refractivity contribution is -0.117. The van der Waals surface area contributed by atoms with Crippen LogP contribution in [0.4, 0.5) is 0 Å². The molecule has 0 radical (unpaired) electrons. The highest BCUT2D eigenvalue weighted by Crippen LogP contribution is 2.21. The van der Waals surface area contributed by atoms with Crippen LogP contribution < -0.4 is 5.32 Å². The first-order valence-corrected chi connectivity index (χ1v) is 6.00. The van der Waals surface area contributed by atoms with E-state index in [0.29, 0.717) is 11.3 Å². The molecule has 2 N–H and O–H groups in total. The lowest BCUT2D eigenvalue weighted by Crippen LogP contribution is -2.19. The van der Waals surface area contributed by atoms with Gasteiger partial charge in [-0.15, -0.1) is 0 Å². The number of aliphatic hydroxyl groups is 1. The van der Waals surface area contributed by atoms with Crippen LogP contribution in [0, 0.1) is 0 Å². The van der Waals surface area contributed by atoms with Gasteiger partial charge in [0, 0.05) is 18.1 Å². The summed E-state index contributed by atoms with van der Waals surface area (Å²) >= 11 is 0. The van der Waals surface area contributed by atoms with Gasteiger partial charge in [-0.05, 0) is 0 Å². The lowest BCUT2D eigenvalue weighted by atomic mass is 10.1. The number of rotatable bonds is 3. The first kappa shape index (κ1) is 12.9. The van der Waals surface area contributed by atoms with E-state index in [4.69, 9.17) is 0 Å². The van der Waals surface area contributed by atoms with Gasteiger partial charge in [-0.3, -0.25) is 4.79 Å². The molecule has 3 nitrogen and oxygen atoms in total. The van der Waals surface area contributed by atoms with Crippen LogP contribution in [-0.2, 0) is 4.79 Å². The van der Waals surface area contributed by atoms with Gasteiger partial charge >= 0.3 is 0 Å². The maximum atomic E-state index is 11.3. The molecular weight excluding hydrogens is 238 g/mol. The zero-order chi connectivity index (χ0) is 13.7. The molecule has 2 aromatic carbocycles. The van der Waals surface area contributed by atoms with E-state index in [1.807, 2.05) is 48.5 Å². The number of benzene rings is 2. The standard InChI is InChI=1S/C16H15NO2/c1-12(18)17-15(13-8-4-2-5-9-13)16(19)14-10-6-3-7-11-14/h2-11,19H,1H3,(H,17,18). The molecule has 0 aliphatic rings. The average Bonchev–Trinajstić information content (AvgIpc) is 2.46. The van der Waals surface area contributed by atoms with Gasteiger partial charge in [0.05, 0.1) is 5.70 Å². The van der Waals surface area contributed by atoms with Crippen molar-refractivity contribution >= 4 is 17.4 Å². The van der Waals surface area contributed by atoms with Crippen LogP contribution in [0.25, 0.3) is 11.5 Å². The fourth-order valence-corrected chi connectivity index (χ4v) is 1.79. The topological polar surface area (TPSA) is 49.3 Å². The van der Waals surface area contributed by atoms with Gasteiger partial charge in [0.25, 0.3) is 0 Å². The molecule has 0 saturated heterocycles. The first-order valence-electron chi connectivity index (χ1n) is 6.00. The summed E-state index contributed by atoms with van der Waals surface area (Å²) in [6.45, 7) is 1.42. The number of aliphatic hydroxyl groups excluding tert-OH is 1. The van der Waals surface area contributed by atoms with Crippen molar-refractivity contribution in [3.8, 4) is 0 Å². The molecule has 0 saturated carbocycles. The average molecular weight is 253 g/mol. The van der Waals surface area contributed by atoms with Gasteiger partial charge in [0.1, 0.15) is 5.76 Å². The number of nitrogens with one attached hydrogen (secondary N) is 1. The second kappa shape index (κ2) is 5.87. The molecule has 0 aromatic heterocycles. The van der Waals surface area contributed by atoms with Crippen LogP contribution in [0.3, 0.4) is 0 Å². The van der Waals surface area contributed by atoms with Crippen LogP contribution in [0.15, 0.2) is 60.7 Å². The molecule has 0 unspecified atom stereocenters. The predicted octanol–water partition coefficient (Wildman–Crippen LogP) is 3.21. The number of carbonyl (C=O) groups is 1. The Morgan fingerprint density at radius 1 is 0.895 bits per heavy atom. The second-order valence-electron chi connectivity index (χ2n) is 4.14. The van der Waals surface area contributed by atoms with Gasteiger partial charge in [0.2, 0.25) is 5.91 Å². The fourth-order valence-electron chi connectivity index (χ4n) is 1.79. The van der Waals surface area contributed by atoms with Crippen molar-refractivity contribution in [3.63, 3.8) is 0 Å². The lowest BCUT2D eigenvalue weighted by Gasteiger charge is -2.12. The summed E-state index contributed by atoms with van der Waals surface area (Å²) in [4.78, 5) is 11.3. The van der Waals surface area contributed by atoms with Crippen LogP contribution in [0.2, 0.25) is 0 Å². The molecule has 1 amide bonds. The van der Waals surface area contributed by atoms with E-state index in [9.17, 15) is 9.90 Å². The largest absolute Gasteiger partial charge is 0.505 e. The Kier molecular flexibility index (Phi) is 3.98. The molecule has 0 spiro atoms. The highest BCUT2D eigenvalue weighted by molar-refractivity contribution is 5.94. The third kappa shape index (κ3) is 3.22. The van der Waals surface area contributed by atoms with Gasteiger partial charge in [-0.1, -0.05) is 60.7 Å². The molecule has 3 heteroatoms. The van der Waals surface area contributed by atoms with Crippen LogP contribution in [-0.4, -0.2) is 11.0 Å². The van der Waals surface area contributed by atoms with Gasteiger partial charge in [0.15, 0.2) is 0 Å². The SMILES string of the molecule is CC(=O)NC(=C(O)c1ccccc1)c1ccccc1. The normalized spacial score (nSPS) is 11.6. The smallest absolute Gasteiger partial charge is 0.221 e. The van der Waals surface area contributed by atoms with E-state index in [1.165, 1.54) is 6.92 Å². The summed E-state index contributed by atoms with van der Waals surface area (Å²) in [6, 6.07) is 18.4. The fraction of sp³-hybridized carbons (Fsp3) is 0.0625. The molecule has 2 aromatic rings. The summed E-state index contributed by atoms with van der Waals surface area (Å²) in [7, 11) is 0. The number of amides is 1. The van der Waals surface area contributed by atoms with Gasteiger partial charge < -0.3 is 10.4 Å². The zero-order valence-corrected chi connectivity index (χ0v) is 10.6. The second-order valence-corrected chi connectivity index (χ2v) is 4.14. The molecule has 0 bridgehead atoms. The van der Waals surface area contributed by atoms with E-state index in [0.717, 1.165) is 5.56 Å². The third-order valence-corrected chi connectivity index (χ3v) is 2.65. The molecule has 96 valence electrons. The van der Waals surface area contributed by atoms with Crippen molar-refractivity contribution < 1.29 is 9.90 Å². The van der Waals surface area contributed by atoms with Crippen molar-refractivity contribution in [2.24, 2.45) is 0 Å². The molecule has 19 heavy (non-hydrogen) atoms. The minimum Gasteiger partial charge on any atom is -0.505 e. The van der Waals surface area contributed by atoms with E-state index >= 15 is 0 Å². The molecule has 0 atom stereocenters. The van der Waals surface area contributed by atoms with E-state index in [2.05, 4.69) is 5.32 Å². The predicted molar refractivity (Wildman–Crippen MR) is 76.1 cm³/mol. The first-order chi connectivity index (χ1) is 9.18. The van der Waals surface area contributed by atoms with Crippen molar-refractivity contribution in [2.75, 3.05) is 0 Å². The maximum Gasteiger partial charge on any atom is 0.221 e.